The van der Waals surface area contributed by atoms with Gasteiger partial charge in [-0.1, -0.05) is 13.8 Å². The molecule has 1 aliphatic carbocycles. The molecule has 1 aliphatic rings. The van der Waals surface area contributed by atoms with Crippen LogP contribution in [0.1, 0.15) is 49.6 Å². The summed E-state index contributed by atoms with van der Waals surface area (Å²) in [6.07, 6.45) is 3.23. The zero-order valence-corrected chi connectivity index (χ0v) is 9.92. The van der Waals surface area contributed by atoms with E-state index in [4.69, 9.17) is 5.11 Å². The third-order valence-corrected chi connectivity index (χ3v) is 3.41. The number of hydrogen-bond donors (Lipinski definition) is 2. The van der Waals surface area contributed by atoms with E-state index in [2.05, 4.69) is 24.9 Å². The van der Waals surface area contributed by atoms with E-state index in [0.717, 1.165) is 19.3 Å². The second kappa shape index (κ2) is 4.32. The molecule has 2 N–H and O–H groups in total. The number of aliphatic carboxylic acids is 1. The minimum absolute atomic E-state index is 0.301. The number of aryl methyl sites for hydroxylation is 1. The number of rotatable bonds is 3. The topological polar surface area (TPSA) is 53.1 Å². The maximum absolute atomic E-state index is 10.7. The maximum Gasteiger partial charge on any atom is 0.303 e. The van der Waals surface area contributed by atoms with E-state index >= 15 is 0 Å². The van der Waals surface area contributed by atoms with Crippen molar-refractivity contribution in [2.24, 2.45) is 5.92 Å². The molecule has 3 nitrogen and oxygen atoms in total. The molecular formula is C13H19NO2. The Labute approximate surface area is 95.9 Å². The Morgan fingerprint density at radius 1 is 1.62 bits per heavy atom. The van der Waals surface area contributed by atoms with Gasteiger partial charge in [0, 0.05) is 17.8 Å². The van der Waals surface area contributed by atoms with E-state index in [1.807, 2.05) is 0 Å². The molecule has 0 spiro atoms. The molecule has 3 heteroatoms. The fraction of sp³-hybridized carbons (Fsp3) is 0.615. The summed E-state index contributed by atoms with van der Waals surface area (Å²) in [5, 5.41) is 8.80. The van der Waals surface area contributed by atoms with Gasteiger partial charge in [-0.25, -0.2) is 0 Å². The van der Waals surface area contributed by atoms with Crippen LogP contribution in [0.3, 0.4) is 0 Å². The number of aromatic nitrogens is 1. The molecule has 0 aromatic carbocycles. The van der Waals surface area contributed by atoms with Crippen LogP contribution in [0.25, 0.3) is 0 Å². The summed E-state index contributed by atoms with van der Waals surface area (Å²) < 4.78 is 0. The number of aromatic amines is 1. The van der Waals surface area contributed by atoms with Crippen LogP contribution in [0.2, 0.25) is 0 Å². The third kappa shape index (κ3) is 2.29. The molecule has 0 saturated heterocycles. The van der Waals surface area contributed by atoms with Gasteiger partial charge in [0.15, 0.2) is 0 Å². The molecule has 1 aromatic heterocycles. The average molecular weight is 221 g/mol. The van der Waals surface area contributed by atoms with E-state index in [0.29, 0.717) is 18.3 Å². The molecule has 0 saturated carbocycles. The summed E-state index contributed by atoms with van der Waals surface area (Å²) in [6.45, 7) is 4.35. The normalized spacial score (nSPS) is 19.8. The van der Waals surface area contributed by atoms with E-state index < -0.39 is 5.97 Å². The second-order valence-corrected chi connectivity index (χ2v) is 5.09. The summed E-state index contributed by atoms with van der Waals surface area (Å²) in [5.41, 5.74) is 3.94. The Morgan fingerprint density at radius 2 is 2.38 bits per heavy atom. The number of hydrogen-bond acceptors (Lipinski definition) is 1. The number of carbonyl (C=O) groups is 1. The molecular weight excluding hydrogens is 202 g/mol. The number of nitrogens with one attached hydrogen (secondary N) is 1. The summed E-state index contributed by atoms with van der Waals surface area (Å²) in [4.78, 5) is 14.1. The van der Waals surface area contributed by atoms with Gasteiger partial charge in [0.25, 0.3) is 0 Å². The Kier molecular flexibility index (Phi) is 3.03. The van der Waals surface area contributed by atoms with Gasteiger partial charge in [0.2, 0.25) is 0 Å². The highest BCUT2D eigenvalue weighted by molar-refractivity contribution is 5.67. The zero-order chi connectivity index (χ0) is 11.7. The molecule has 0 bridgehead atoms. The minimum Gasteiger partial charge on any atom is -0.481 e. The summed E-state index contributed by atoms with van der Waals surface area (Å²) in [6, 6.07) is 2.25. The minimum atomic E-state index is -0.677. The van der Waals surface area contributed by atoms with E-state index in [1.54, 1.807) is 0 Å². The van der Waals surface area contributed by atoms with Crippen molar-refractivity contribution < 1.29 is 9.90 Å². The summed E-state index contributed by atoms with van der Waals surface area (Å²) in [5.74, 6) is 0.149. The number of H-pyrrole nitrogens is 1. The van der Waals surface area contributed by atoms with Crippen LogP contribution in [-0.2, 0) is 17.6 Å². The molecule has 1 aromatic rings. The average Bonchev–Trinajstić information content (AvgIpc) is 2.59. The second-order valence-electron chi connectivity index (χ2n) is 5.09. The molecule has 1 atom stereocenters. The number of fused-ring (bicyclic) bond motifs is 1. The Morgan fingerprint density at radius 3 is 3.00 bits per heavy atom. The first-order valence-electron chi connectivity index (χ1n) is 5.98. The van der Waals surface area contributed by atoms with E-state index in [9.17, 15) is 4.79 Å². The van der Waals surface area contributed by atoms with Gasteiger partial charge in [-0.15, -0.1) is 0 Å². The van der Waals surface area contributed by atoms with Crippen LogP contribution in [-0.4, -0.2) is 16.1 Å². The van der Waals surface area contributed by atoms with Crippen LogP contribution in [0.4, 0.5) is 0 Å². The highest BCUT2D eigenvalue weighted by Crippen LogP contribution is 2.29. The smallest absolute Gasteiger partial charge is 0.303 e. The molecule has 1 unspecified atom stereocenters. The molecule has 88 valence electrons. The first-order valence-corrected chi connectivity index (χ1v) is 5.98. The van der Waals surface area contributed by atoms with Gasteiger partial charge < -0.3 is 10.1 Å². The van der Waals surface area contributed by atoms with E-state index in [1.165, 1.54) is 17.0 Å². The third-order valence-electron chi connectivity index (χ3n) is 3.41. The predicted octanol–water partition coefficient (Wildman–Crippen LogP) is 2.72. The Balaban J connectivity index is 2.11. The zero-order valence-electron chi connectivity index (χ0n) is 9.92. The standard InChI is InChI=1S/C13H19NO2/c1-8(2)11-7-10-4-3-9(6-13(15)16)5-12(10)14-11/h7-9,14H,3-6H2,1-2H3,(H,15,16). The largest absolute Gasteiger partial charge is 0.481 e. The molecule has 0 radical (unpaired) electrons. The predicted molar refractivity (Wildman–Crippen MR) is 62.6 cm³/mol. The first kappa shape index (κ1) is 11.2. The molecule has 0 amide bonds. The fourth-order valence-corrected chi connectivity index (χ4v) is 2.45. The van der Waals surface area contributed by atoms with Crippen molar-refractivity contribution in [3.63, 3.8) is 0 Å². The summed E-state index contributed by atoms with van der Waals surface area (Å²) >= 11 is 0. The van der Waals surface area contributed by atoms with Crippen molar-refractivity contribution in [3.8, 4) is 0 Å². The lowest BCUT2D eigenvalue weighted by Gasteiger charge is -2.20. The fourth-order valence-electron chi connectivity index (χ4n) is 2.45. The van der Waals surface area contributed by atoms with Crippen molar-refractivity contribution in [1.29, 1.82) is 0 Å². The Bertz CT molecular complexity index is 393. The van der Waals surface area contributed by atoms with Crippen LogP contribution in [0.5, 0.6) is 0 Å². The lowest BCUT2D eigenvalue weighted by atomic mass is 9.86. The van der Waals surface area contributed by atoms with Gasteiger partial charge in [-0.05, 0) is 42.7 Å². The highest BCUT2D eigenvalue weighted by Gasteiger charge is 2.23. The van der Waals surface area contributed by atoms with Crippen molar-refractivity contribution in [1.82, 2.24) is 4.98 Å². The SMILES string of the molecule is CC(C)c1cc2c([nH]1)CC(CC(=O)O)CC2. The number of carboxylic acid groups (broad SMARTS) is 1. The van der Waals surface area contributed by atoms with Gasteiger partial charge >= 0.3 is 5.97 Å². The van der Waals surface area contributed by atoms with Crippen molar-refractivity contribution >= 4 is 5.97 Å². The monoisotopic (exact) mass is 221 g/mol. The van der Waals surface area contributed by atoms with Gasteiger partial charge in [-0.2, -0.15) is 0 Å². The van der Waals surface area contributed by atoms with Crippen LogP contribution < -0.4 is 0 Å². The molecule has 2 rings (SSSR count). The van der Waals surface area contributed by atoms with Crippen molar-refractivity contribution in [2.45, 2.75) is 45.4 Å². The van der Waals surface area contributed by atoms with Crippen molar-refractivity contribution in [3.05, 3.63) is 23.0 Å². The van der Waals surface area contributed by atoms with Gasteiger partial charge in [0.1, 0.15) is 0 Å². The lowest BCUT2D eigenvalue weighted by Crippen LogP contribution is -2.16. The molecule has 16 heavy (non-hydrogen) atoms. The van der Waals surface area contributed by atoms with Crippen LogP contribution in [0, 0.1) is 5.92 Å². The molecule has 0 fully saturated rings. The van der Waals surface area contributed by atoms with Gasteiger partial charge in [0.05, 0.1) is 0 Å². The van der Waals surface area contributed by atoms with Crippen LogP contribution >= 0.6 is 0 Å². The van der Waals surface area contributed by atoms with Crippen LogP contribution in [0.15, 0.2) is 6.07 Å². The van der Waals surface area contributed by atoms with Gasteiger partial charge in [-0.3, -0.25) is 4.79 Å². The van der Waals surface area contributed by atoms with E-state index in [-0.39, 0.29) is 0 Å². The first-order chi connectivity index (χ1) is 7.56. The number of carboxylic acids is 1. The Hall–Kier alpha value is -1.25. The molecule has 0 aliphatic heterocycles. The lowest BCUT2D eigenvalue weighted by molar-refractivity contribution is -0.138. The maximum atomic E-state index is 10.7. The van der Waals surface area contributed by atoms with Crippen molar-refractivity contribution in [2.75, 3.05) is 0 Å². The highest BCUT2D eigenvalue weighted by atomic mass is 16.4. The molecule has 1 heterocycles. The summed E-state index contributed by atoms with van der Waals surface area (Å²) in [7, 11) is 0. The quantitative estimate of drug-likeness (QED) is 0.824.